The van der Waals surface area contributed by atoms with E-state index in [0.717, 1.165) is 6.07 Å². The molecule has 1 aromatic heterocycles. The van der Waals surface area contributed by atoms with Crippen LogP contribution in [-0.4, -0.2) is 10.9 Å². The molecule has 0 aliphatic carbocycles. The van der Waals surface area contributed by atoms with Gasteiger partial charge >= 0.3 is 6.18 Å². The minimum Gasteiger partial charge on any atom is -0.366 e. The number of alkyl halides is 3. The maximum atomic E-state index is 13.0. The number of carbonyl (C=O) groups is 1. The van der Waals surface area contributed by atoms with Crippen LogP contribution in [0.15, 0.2) is 24.3 Å². The number of aromatic nitrogens is 1. The molecule has 106 valence electrons. The zero-order valence-electron chi connectivity index (χ0n) is 10.8. The summed E-state index contributed by atoms with van der Waals surface area (Å²) in [4.78, 5) is 15.4. The van der Waals surface area contributed by atoms with E-state index in [1.54, 1.807) is 0 Å². The number of hydrogen-bond acceptors (Lipinski definition) is 2. The number of pyridine rings is 1. The average molecular weight is 282 g/mol. The minimum atomic E-state index is -4.48. The summed E-state index contributed by atoms with van der Waals surface area (Å²) in [5.74, 6) is -0.680. The molecule has 6 heteroatoms. The molecule has 0 bridgehead atoms. The van der Waals surface area contributed by atoms with Crippen LogP contribution in [0.3, 0.4) is 0 Å². The summed E-state index contributed by atoms with van der Waals surface area (Å²) < 4.78 is 38.9. The quantitative estimate of drug-likeness (QED) is 0.939. The van der Waals surface area contributed by atoms with E-state index < -0.39 is 17.6 Å². The molecule has 0 unspecified atom stereocenters. The fourth-order valence-electron chi connectivity index (χ4n) is 2.11. The summed E-state index contributed by atoms with van der Waals surface area (Å²) in [5.41, 5.74) is 4.80. The number of primary amides is 1. The Morgan fingerprint density at radius 3 is 2.60 bits per heavy atom. The lowest BCUT2D eigenvalue weighted by atomic mass is 10.0. The van der Waals surface area contributed by atoms with Crippen LogP contribution in [0.5, 0.6) is 0 Å². The topological polar surface area (TPSA) is 56.0 Å². The van der Waals surface area contributed by atoms with E-state index in [1.807, 2.05) is 6.92 Å². The largest absolute Gasteiger partial charge is 0.418 e. The lowest BCUT2D eigenvalue weighted by Gasteiger charge is -2.12. The van der Waals surface area contributed by atoms with Gasteiger partial charge in [0, 0.05) is 5.39 Å². The third kappa shape index (κ3) is 2.59. The first-order valence-electron chi connectivity index (χ1n) is 6.14. The molecule has 0 aliphatic heterocycles. The van der Waals surface area contributed by atoms with Crippen molar-refractivity contribution in [3.8, 4) is 0 Å². The standard InChI is InChI=1S/C14H13F3N2O/c1-2-4-11-9(13(18)20)7-8-5-3-6-10(12(8)19-11)14(15,16)17/h3,5-7H,2,4H2,1H3,(H2,18,20). The van der Waals surface area contributed by atoms with Crippen molar-refractivity contribution < 1.29 is 18.0 Å². The summed E-state index contributed by atoms with van der Waals surface area (Å²) >= 11 is 0. The van der Waals surface area contributed by atoms with Crippen molar-refractivity contribution in [3.05, 3.63) is 41.1 Å². The molecule has 0 saturated carbocycles. The van der Waals surface area contributed by atoms with Crippen LogP contribution >= 0.6 is 0 Å². The maximum Gasteiger partial charge on any atom is 0.418 e. The smallest absolute Gasteiger partial charge is 0.366 e. The molecule has 0 spiro atoms. The van der Waals surface area contributed by atoms with Gasteiger partial charge in [-0.25, -0.2) is 0 Å². The third-order valence-electron chi connectivity index (χ3n) is 2.98. The predicted octanol–water partition coefficient (Wildman–Crippen LogP) is 3.31. The van der Waals surface area contributed by atoms with Crippen LogP contribution in [0, 0.1) is 0 Å². The first-order chi connectivity index (χ1) is 9.34. The zero-order valence-corrected chi connectivity index (χ0v) is 10.8. The second-order valence-corrected chi connectivity index (χ2v) is 4.47. The molecule has 2 aromatic rings. The first kappa shape index (κ1) is 14.3. The number of rotatable bonds is 3. The Kier molecular flexibility index (Phi) is 3.65. The summed E-state index contributed by atoms with van der Waals surface area (Å²) in [6.45, 7) is 1.85. The van der Waals surface area contributed by atoms with Gasteiger partial charge in [-0.05, 0) is 18.6 Å². The van der Waals surface area contributed by atoms with Crippen molar-refractivity contribution >= 4 is 16.8 Å². The Morgan fingerprint density at radius 1 is 1.35 bits per heavy atom. The Morgan fingerprint density at radius 2 is 2.05 bits per heavy atom. The second-order valence-electron chi connectivity index (χ2n) is 4.47. The van der Waals surface area contributed by atoms with E-state index in [9.17, 15) is 18.0 Å². The van der Waals surface area contributed by atoms with Crippen molar-refractivity contribution in [3.63, 3.8) is 0 Å². The molecular weight excluding hydrogens is 269 g/mol. The number of halogens is 3. The average Bonchev–Trinajstić information content (AvgIpc) is 2.36. The Hall–Kier alpha value is -2.11. The van der Waals surface area contributed by atoms with E-state index in [2.05, 4.69) is 4.98 Å². The van der Waals surface area contributed by atoms with Gasteiger partial charge in [0.25, 0.3) is 5.91 Å². The van der Waals surface area contributed by atoms with Crippen molar-refractivity contribution in [2.24, 2.45) is 5.73 Å². The van der Waals surface area contributed by atoms with Gasteiger partial charge in [-0.15, -0.1) is 0 Å². The molecule has 0 saturated heterocycles. The molecule has 2 rings (SSSR count). The molecule has 0 fully saturated rings. The number of aryl methyl sites for hydroxylation is 1. The van der Waals surface area contributed by atoms with Crippen LogP contribution in [-0.2, 0) is 12.6 Å². The Bertz CT molecular complexity index is 665. The van der Waals surface area contributed by atoms with Gasteiger partial charge in [0.2, 0.25) is 0 Å². The molecule has 1 aromatic carbocycles. The highest BCUT2D eigenvalue weighted by atomic mass is 19.4. The van der Waals surface area contributed by atoms with Gasteiger partial charge in [0.15, 0.2) is 0 Å². The summed E-state index contributed by atoms with van der Waals surface area (Å²) in [6.07, 6.45) is -3.42. The number of fused-ring (bicyclic) bond motifs is 1. The SMILES string of the molecule is CCCc1nc2c(C(F)(F)F)cccc2cc1C(N)=O. The highest BCUT2D eigenvalue weighted by molar-refractivity contribution is 5.98. The Labute approximate surface area is 113 Å². The predicted molar refractivity (Wildman–Crippen MR) is 69.3 cm³/mol. The monoisotopic (exact) mass is 282 g/mol. The molecule has 2 N–H and O–H groups in total. The third-order valence-corrected chi connectivity index (χ3v) is 2.98. The number of para-hydroxylation sites is 1. The highest BCUT2D eigenvalue weighted by Gasteiger charge is 2.33. The van der Waals surface area contributed by atoms with Crippen molar-refractivity contribution in [2.45, 2.75) is 25.9 Å². The molecule has 0 aliphatic rings. The van der Waals surface area contributed by atoms with Crippen LogP contribution in [0.4, 0.5) is 13.2 Å². The molecule has 0 radical (unpaired) electrons. The minimum absolute atomic E-state index is 0.145. The number of hydrogen-bond donors (Lipinski definition) is 1. The lowest BCUT2D eigenvalue weighted by molar-refractivity contribution is -0.136. The number of carbonyl (C=O) groups excluding carboxylic acids is 1. The lowest BCUT2D eigenvalue weighted by Crippen LogP contribution is -2.16. The van der Waals surface area contributed by atoms with E-state index in [0.29, 0.717) is 18.5 Å². The normalized spacial score (nSPS) is 11.8. The first-order valence-corrected chi connectivity index (χ1v) is 6.14. The maximum absolute atomic E-state index is 13.0. The van der Waals surface area contributed by atoms with Crippen LogP contribution < -0.4 is 5.73 Å². The molecular formula is C14H13F3N2O. The number of nitrogens with zero attached hydrogens (tertiary/aromatic N) is 1. The molecule has 1 heterocycles. The summed E-state index contributed by atoms with van der Waals surface area (Å²) in [6, 6.07) is 5.14. The van der Waals surface area contributed by atoms with Gasteiger partial charge in [-0.2, -0.15) is 13.2 Å². The van der Waals surface area contributed by atoms with Gasteiger partial charge in [0.1, 0.15) is 0 Å². The van der Waals surface area contributed by atoms with Crippen LogP contribution in [0.1, 0.15) is 35.0 Å². The van der Waals surface area contributed by atoms with Crippen LogP contribution in [0.25, 0.3) is 10.9 Å². The summed E-state index contributed by atoms with van der Waals surface area (Å²) in [5, 5.41) is 0.258. The molecule has 3 nitrogen and oxygen atoms in total. The van der Waals surface area contributed by atoms with Crippen molar-refractivity contribution in [1.29, 1.82) is 0 Å². The zero-order chi connectivity index (χ0) is 14.9. The second kappa shape index (κ2) is 5.11. The van der Waals surface area contributed by atoms with Crippen LogP contribution in [0.2, 0.25) is 0 Å². The Balaban J connectivity index is 2.77. The van der Waals surface area contributed by atoms with Gasteiger partial charge in [0.05, 0.1) is 22.3 Å². The van der Waals surface area contributed by atoms with Crippen molar-refractivity contribution in [1.82, 2.24) is 4.98 Å². The van der Waals surface area contributed by atoms with E-state index in [-0.39, 0.29) is 16.5 Å². The molecule has 1 amide bonds. The fraction of sp³-hybridized carbons (Fsp3) is 0.286. The van der Waals surface area contributed by atoms with Gasteiger partial charge in [-0.3, -0.25) is 9.78 Å². The fourth-order valence-corrected chi connectivity index (χ4v) is 2.11. The van der Waals surface area contributed by atoms with E-state index in [4.69, 9.17) is 5.73 Å². The highest BCUT2D eigenvalue weighted by Crippen LogP contribution is 2.34. The van der Waals surface area contributed by atoms with Gasteiger partial charge in [-0.1, -0.05) is 25.5 Å². The molecule has 20 heavy (non-hydrogen) atoms. The van der Waals surface area contributed by atoms with Crippen molar-refractivity contribution in [2.75, 3.05) is 0 Å². The number of nitrogens with two attached hydrogens (primary N) is 1. The van der Waals surface area contributed by atoms with Gasteiger partial charge < -0.3 is 5.73 Å². The number of benzene rings is 1. The molecule has 0 atom stereocenters. The van der Waals surface area contributed by atoms with E-state index >= 15 is 0 Å². The number of amides is 1. The van der Waals surface area contributed by atoms with E-state index in [1.165, 1.54) is 18.2 Å². The summed E-state index contributed by atoms with van der Waals surface area (Å²) in [7, 11) is 0.